The van der Waals surface area contributed by atoms with Crippen LogP contribution in [0, 0.1) is 5.82 Å². The van der Waals surface area contributed by atoms with Gasteiger partial charge in [-0.15, -0.1) is 0 Å². The highest BCUT2D eigenvalue weighted by Crippen LogP contribution is 2.25. The molecule has 0 atom stereocenters. The molecule has 0 saturated carbocycles. The predicted molar refractivity (Wildman–Crippen MR) is 71.8 cm³/mol. The molecule has 6 nitrogen and oxygen atoms in total. The Morgan fingerprint density at radius 2 is 2.20 bits per heavy atom. The fourth-order valence-corrected chi connectivity index (χ4v) is 1.62. The van der Waals surface area contributed by atoms with E-state index in [2.05, 4.69) is 10.3 Å². The van der Waals surface area contributed by atoms with Gasteiger partial charge in [0.15, 0.2) is 11.6 Å². The average Bonchev–Trinajstić information content (AvgIpc) is 2.42. The summed E-state index contributed by atoms with van der Waals surface area (Å²) in [6.07, 6.45) is 1.33. The van der Waals surface area contributed by atoms with Gasteiger partial charge in [0.25, 0.3) is 0 Å². The van der Waals surface area contributed by atoms with Crippen molar-refractivity contribution in [3.8, 4) is 5.75 Å². The second-order valence-corrected chi connectivity index (χ2v) is 3.94. The van der Waals surface area contributed by atoms with Crippen molar-refractivity contribution in [2.45, 2.75) is 0 Å². The van der Waals surface area contributed by atoms with Crippen molar-refractivity contribution in [3.63, 3.8) is 0 Å². The van der Waals surface area contributed by atoms with Crippen LogP contribution in [0.1, 0.15) is 10.4 Å². The maximum atomic E-state index is 13.3. The summed E-state index contributed by atoms with van der Waals surface area (Å²) in [5, 5.41) is 11.9. The highest BCUT2D eigenvalue weighted by molar-refractivity contribution is 5.94. The van der Waals surface area contributed by atoms with Crippen LogP contribution in [0.2, 0.25) is 0 Å². The number of halogens is 1. The van der Waals surface area contributed by atoms with Crippen molar-refractivity contribution in [1.29, 1.82) is 0 Å². The minimum absolute atomic E-state index is 0.0438. The van der Waals surface area contributed by atoms with Crippen LogP contribution >= 0.6 is 0 Å². The molecule has 0 radical (unpaired) electrons. The molecule has 1 heterocycles. The van der Waals surface area contributed by atoms with Crippen LogP contribution in [0.4, 0.5) is 21.6 Å². The maximum Gasteiger partial charge on any atom is 0.339 e. The molecule has 1 aromatic carbocycles. The van der Waals surface area contributed by atoms with E-state index < -0.39 is 11.8 Å². The van der Waals surface area contributed by atoms with Gasteiger partial charge in [0.1, 0.15) is 11.4 Å². The number of benzene rings is 1. The molecular weight excluding hydrogens is 265 g/mol. The number of anilines is 3. The van der Waals surface area contributed by atoms with Gasteiger partial charge in [0.05, 0.1) is 19.0 Å². The number of carboxylic acids is 1. The number of aromatic carboxylic acids is 1. The quantitative estimate of drug-likeness (QED) is 0.793. The van der Waals surface area contributed by atoms with Gasteiger partial charge in [-0.05, 0) is 18.2 Å². The smallest absolute Gasteiger partial charge is 0.339 e. The number of hydrogen-bond donors (Lipinski definition) is 3. The van der Waals surface area contributed by atoms with Gasteiger partial charge in [-0.2, -0.15) is 0 Å². The third kappa shape index (κ3) is 2.77. The number of aromatic nitrogens is 1. The number of rotatable bonds is 4. The number of carboxylic acid groups (broad SMARTS) is 1. The van der Waals surface area contributed by atoms with Crippen LogP contribution in [0.3, 0.4) is 0 Å². The molecule has 0 aliphatic heterocycles. The lowest BCUT2D eigenvalue weighted by atomic mass is 10.2. The van der Waals surface area contributed by atoms with E-state index in [1.165, 1.54) is 37.6 Å². The van der Waals surface area contributed by atoms with Crippen LogP contribution < -0.4 is 15.8 Å². The minimum atomic E-state index is -1.17. The van der Waals surface area contributed by atoms with Crippen molar-refractivity contribution >= 4 is 23.2 Å². The first-order valence-corrected chi connectivity index (χ1v) is 5.60. The second-order valence-electron chi connectivity index (χ2n) is 3.94. The van der Waals surface area contributed by atoms with Crippen LogP contribution in [0.15, 0.2) is 30.5 Å². The molecule has 0 unspecified atom stereocenters. The Labute approximate surface area is 114 Å². The van der Waals surface area contributed by atoms with Crippen molar-refractivity contribution in [2.24, 2.45) is 0 Å². The van der Waals surface area contributed by atoms with Crippen molar-refractivity contribution < 1.29 is 19.0 Å². The van der Waals surface area contributed by atoms with E-state index in [1.54, 1.807) is 0 Å². The zero-order valence-electron chi connectivity index (χ0n) is 10.6. The van der Waals surface area contributed by atoms with Crippen LogP contribution in [0.25, 0.3) is 0 Å². The first-order chi connectivity index (χ1) is 9.51. The summed E-state index contributed by atoms with van der Waals surface area (Å²) in [5.41, 5.74) is 6.11. The molecule has 0 saturated heterocycles. The molecule has 2 rings (SSSR count). The van der Waals surface area contributed by atoms with E-state index in [-0.39, 0.29) is 22.8 Å². The highest BCUT2D eigenvalue weighted by Gasteiger charge is 2.13. The Kier molecular flexibility index (Phi) is 3.69. The van der Waals surface area contributed by atoms with Gasteiger partial charge in [-0.25, -0.2) is 14.2 Å². The molecule has 4 N–H and O–H groups in total. The number of nitrogens with zero attached hydrogens (tertiary/aromatic N) is 1. The molecule has 104 valence electrons. The average molecular weight is 277 g/mol. The molecule has 20 heavy (non-hydrogen) atoms. The number of nitrogens with one attached hydrogen (secondary N) is 1. The largest absolute Gasteiger partial charge is 0.494 e. The number of pyridine rings is 1. The first kappa shape index (κ1) is 13.6. The fourth-order valence-electron chi connectivity index (χ4n) is 1.62. The first-order valence-electron chi connectivity index (χ1n) is 5.60. The summed E-state index contributed by atoms with van der Waals surface area (Å²) >= 11 is 0. The van der Waals surface area contributed by atoms with E-state index in [1.807, 2.05) is 0 Å². The van der Waals surface area contributed by atoms with Crippen LogP contribution in [0.5, 0.6) is 5.75 Å². The number of methoxy groups -OCH3 is 1. The van der Waals surface area contributed by atoms with Gasteiger partial charge >= 0.3 is 5.97 Å². The van der Waals surface area contributed by atoms with E-state index in [0.717, 1.165) is 0 Å². The van der Waals surface area contributed by atoms with E-state index >= 15 is 0 Å². The molecule has 0 amide bonds. The van der Waals surface area contributed by atoms with Gasteiger partial charge in [-0.3, -0.25) is 0 Å². The Morgan fingerprint density at radius 3 is 2.85 bits per heavy atom. The Morgan fingerprint density at radius 1 is 1.45 bits per heavy atom. The zero-order valence-corrected chi connectivity index (χ0v) is 10.6. The van der Waals surface area contributed by atoms with E-state index in [4.69, 9.17) is 15.6 Å². The summed E-state index contributed by atoms with van der Waals surface area (Å²) < 4.78 is 18.1. The molecule has 0 aliphatic carbocycles. The number of carbonyl (C=O) groups is 1. The minimum Gasteiger partial charge on any atom is -0.494 e. The third-order valence-corrected chi connectivity index (χ3v) is 2.55. The fraction of sp³-hybridized carbons (Fsp3) is 0.0769. The van der Waals surface area contributed by atoms with Crippen molar-refractivity contribution in [3.05, 3.63) is 41.8 Å². The third-order valence-electron chi connectivity index (χ3n) is 2.55. The standard InChI is InChI=1S/C13H12FN3O3/c1-20-11-5-8(2-3-10(11)14)17-12-9(13(18)19)4-7(15)6-16-12/h2-6H,15H2,1H3,(H,16,17)(H,18,19). The van der Waals surface area contributed by atoms with Crippen molar-refractivity contribution in [1.82, 2.24) is 4.98 Å². The molecule has 7 heteroatoms. The molecular formula is C13H12FN3O3. The Hall–Kier alpha value is -2.83. The van der Waals surface area contributed by atoms with Crippen LogP contribution in [-0.4, -0.2) is 23.2 Å². The zero-order chi connectivity index (χ0) is 14.7. The Bertz CT molecular complexity index is 661. The molecule has 0 aliphatic rings. The summed E-state index contributed by atoms with van der Waals surface area (Å²) in [4.78, 5) is 15.0. The molecule has 0 spiro atoms. The van der Waals surface area contributed by atoms with Gasteiger partial charge in [-0.1, -0.05) is 0 Å². The van der Waals surface area contributed by atoms with E-state index in [9.17, 15) is 9.18 Å². The predicted octanol–water partition coefficient (Wildman–Crippen LogP) is 2.25. The molecule has 0 fully saturated rings. The lowest BCUT2D eigenvalue weighted by Crippen LogP contribution is -2.06. The summed E-state index contributed by atoms with van der Waals surface area (Å²) in [6.45, 7) is 0. The summed E-state index contributed by atoms with van der Waals surface area (Å²) in [5.74, 6) is -1.52. The van der Waals surface area contributed by atoms with Gasteiger partial charge < -0.3 is 20.9 Å². The number of hydrogen-bond acceptors (Lipinski definition) is 5. The second kappa shape index (κ2) is 5.43. The molecule has 0 bridgehead atoms. The maximum absolute atomic E-state index is 13.3. The van der Waals surface area contributed by atoms with Gasteiger partial charge in [0, 0.05) is 11.8 Å². The van der Waals surface area contributed by atoms with E-state index in [0.29, 0.717) is 5.69 Å². The monoisotopic (exact) mass is 277 g/mol. The number of ether oxygens (including phenoxy) is 1. The topological polar surface area (TPSA) is 97.5 Å². The number of nitrogen functional groups attached to an aromatic ring is 1. The highest BCUT2D eigenvalue weighted by atomic mass is 19.1. The van der Waals surface area contributed by atoms with Crippen molar-refractivity contribution in [2.75, 3.05) is 18.2 Å². The SMILES string of the molecule is COc1cc(Nc2ncc(N)cc2C(=O)O)ccc1F. The lowest BCUT2D eigenvalue weighted by Gasteiger charge is -2.10. The number of nitrogens with two attached hydrogens (primary N) is 1. The lowest BCUT2D eigenvalue weighted by molar-refractivity contribution is 0.0697. The molecule has 1 aromatic heterocycles. The van der Waals surface area contributed by atoms with Gasteiger partial charge in [0.2, 0.25) is 0 Å². The normalized spacial score (nSPS) is 10.1. The summed E-state index contributed by atoms with van der Waals surface area (Å²) in [7, 11) is 1.34. The van der Waals surface area contributed by atoms with Crippen LogP contribution in [-0.2, 0) is 0 Å². The summed E-state index contributed by atoms with van der Waals surface area (Å²) in [6, 6.07) is 5.35. The molecule has 2 aromatic rings. The Balaban J connectivity index is 2.37.